The number of carbonyl (C=O) groups excluding carboxylic acids is 2. The van der Waals surface area contributed by atoms with Gasteiger partial charge in [0, 0.05) is 30.2 Å². The van der Waals surface area contributed by atoms with E-state index in [9.17, 15) is 19.2 Å². The second-order valence-corrected chi connectivity index (χ2v) is 7.94. The summed E-state index contributed by atoms with van der Waals surface area (Å²) < 4.78 is 19.1. The highest BCUT2D eigenvalue weighted by atomic mass is 35.5. The third kappa shape index (κ3) is 5.65. The van der Waals surface area contributed by atoms with Crippen molar-refractivity contribution < 1.29 is 18.7 Å². The number of nitrogens with zero attached hydrogens (tertiary/aromatic N) is 2. The third-order valence-corrected chi connectivity index (χ3v) is 5.55. The Balaban J connectivity index is 1.63. The number of hydrogen-bond donors (Lipinski definition) is 1. The highest BCUT2D eigenvalue weighted by molar-refractivity contribution is 6.31. The monoisotopic (exact) mass is 455 g/mol. The Morgan fingerprint density at radius 2 is 2.12 bits per heavy atom. The average Bonchev–Trinajstić information content (AvgIpc) is 2.81. The zero-order valence-corrected chi connectivity index (χ0v) is 18.4. The summed E-state index contributed by atoms with van der Waals surface area (Å²) in [6.07, 6.45) is 2.84. The lowest BCUT2D eigenvalue weighted by Crippen LogP contribution is -2.44. The van der Waals surface area contributed by atoms with E-state index in [1.807, 2.05) is 6.07 Å². The fourth-order valence-electron chi connectivity index (χ4n) is 3.66. The van der Waals surface area contributed by atoms with Gasteiger partial charge >= 0.3 is 0 Å². The number of halogens is 2. The molecule has 1 saturated heterocycles. The standard InChI is InChI=1S/C24H23ClFN3O3/c1-32-22-9-8-19(25)12-20(22)24(31)29-10-4-5-16(15-29)14-28-23(30)18(13-27)11-17-6-2-3-7-21(17)26/h2-3,6-9,11-12,16H,4-5,10,14-15H2,1H3,(H,28,30)/b18-11+. The van der Waals surface area contributed by atoms with Crippen LogP contribution in [0.4, 0.5) is 4.39 Å². The molecular weight excluding hydrogens is 433 g/mol. The Kier molecular flexibility index (Phi) is 7.85. The first-order valence-electron chi connectivity index (χ1n) is 10.2. The molecule has 32 heavy (non-hydrogen) atoms. The molecule has 0 bridgehead atoms. The van der Waals surface area contributed by atoms with Gasteiger partial charge in [-0.05, 0) is 49.1 Å². The predicted octanol–water partition coefficient (Wildman–Crippen LogP) is 4.06. The van der Waals surface area contributed by atoms with E-state index in [0.29, 0.717) is 36.0 Å². The molecule has 1 aliphatic heterocycles. The molecule has 0 radical (unpaired) electrons. The average molecular weight is 456 g/mol. The number of amides is 2. The van der Waals surface area contributed by atoms with Gasteiger partial charge in [-0.3, -0.25) is 9.59 Å². The summed E-state index contributed by atoms with van der Waals surface area (Å²) in [5.74, 6) is -0.791. The smallest absolute Gasteiger partial charge is 0.261 e. The maximum Gasteiger partial charge on any atom is 0.261 e. The van der Waals surface area contributed by atoms with Crippen molar-refractivity contribution >= 4 is 29.5 Å². The lowest BCUT2D eigenvalue weighted by Gasteiger charge is -2.33. The molecule has 0 saturated carbocycles. The van der Waals surface area contributed by atoms with Gasteiger partial charge in [0.25, 0.3) is 11.8 Å². The molecule has 0 aliphatic carbocycles. The largest absolute Gasteiger partial charge is 0.496 e. The number of benzene rings is 2. The van der Waals surface area contributed by atoms with Gasteiger partial charge in [0.05, 0.1) is 12.7 Å². The van der Waals surface area contributed by atoms with Crippen LogP contribution in [0.1, 0.15) is 28.8 Å². The van der Waals surface area contributed by atoms with Gasteiger partial charge in [0.2, 0.25) is 0 Å². The van der Waals surface area contributed by atoms with Gasteiger partial charge in [-0.1, -0.05) is 29.8 Å². The SMILES string of the molecule is COc1ccc(Cl)cc1C(=O)N1CCCC(CNC(=O)/C(C#N)=C/c2ccccc2F)C1. The van der Waals surface area contributed by atoms with Crippen LogP contribution in [0.25, 0.3) is 6.08 Å². The Morgan fingerprint density at radius 1 is 1.34 bits per heavy atom. The molecule has 1 heterocycles. The number of nitriles is 1. The Bertz CT molecular complexity index is 1080. The van der Waals surface area contributed by atoms with Gasteiger partial charge in [-0.25, -0.2) is 4.39 Å². The molecule has 3 rings (SSSR count). The molecule has 6 nitrogen and oxygen atoms in total. The van der Waals surface area contributed by atoms with Crippen molar-refractivity contribution in [3.05, 3.63) is 70.0 Å². The molecule has 1 aliphatic rings. The van der Waals surface area contributed by atoms with Crippen LogP contribution in [-0.4, -0.2) is 43.5 Å². The van der Waals surface area contributed by atoms with Crippen molar-refractivity contribution in [3.63, 3.8) is 0 Å². The first-order valence-corrected chi connectivity index (χ1v) is 10.6. The molecule has 0 aromatic heterocycles. The van der Waals surface area contributed by atoms with Crippen LogP contribution in [0.5, 0.6) is 5.75 Å². The number of rotatable bonds is 6. The number of carbonyl (C=O) groups is 2. The van der Waals surface area contributed by atoms with Crippen LogP contribution >= 0.6 is 11.6 Å². The molecule has 2 amide bonds. The minimum absolute atomic E-state index is 0.0234. The van der Waals surface area contributed by atoms with Crippen LogP contribution in [0, 0.1) is 23.1 Å². The molecule has 1 N–H and O–H groups in total. The van der Waals surface area contributed by atoms with Gasteiger partial charge in [0.1, 0.15) is 23.2 Å². The van der Waals surface area contributed by atoms with Crippen LogP contribution in [0.15, 0.2) is 48.0 Å². The first kappa shape index (κ1) is 23.3. The predicted molar refractivity (Wildman–Crippen MR) is 120 cm³/mol. The second-order valence-electron chi connectivity index (χ2n) is 7.51. The topological polar surface area (TPSA) is 82.4 Å². The normalized spacial score (nSPS) is 16.2. The van der Waals surface area contributed by atoms with E-state index >= 15 is 0 Å². The Labute approximate surface area is 191 Å². The van der Waals surface area contributed by atoms with Crippen molar-refractivity contribution in [3.8, 4) is 11.8 Å². The zero-order chi connectivity index (χ0) is 23.1. The number of ether oxygens (including phenoxy) is 1. The van der Waals surface area contributed by atoms with Gasteiger partial charge in [0.15, 0.2) is 0 Å². The van der Waals surface area contributed by atoms with E-state index in [0.717, 1.165) is 12.8 Å². The van der Waals surface area contributed by atoms with Gasteiger partial charge < -0.3 is 15.0 Å². The Hall–Kier alpha value is -3.37. The summed E-state index contributed by atoms with van der Waals surface area (Å²) in [6.45, 7) is 1.34. The number of hydrogen-bond acceptors (Lipinski definition) is 4. The van der Waals surface area contributed by atoms with Crippen LogP contribution < -0.4 is 10.1 Å². The minimum atomic E-state index is -0.573. The van der Waals surface area contributed by atoms with E-state index in [1.54, 1.807) is 29.2 Å². The van der Waals surface area contributed by atoms with Crippen LogP contribution in [0.2, 0.25) is 5.02 Å². The lowest BCUT2D eigenvalue weighted by atomic mass is 9.97. The Morgan fingerprint density at radius 3 is 2.84 bits per heavy atom. The molecule has 1 fully saturated rings. The second kappa shape index (κ2) is 10.8. The number of methoxy groups -OCH3 is 1. The molecule has 8 heteroatoms. The summed E-state index contributed by atoms with van der Waals surface area (Å²) in [4.78, 5) is 27.2. The van der Waals surface area contributed by atoms with E-state index < -0.39 is 11.7 Å². The first-order chi connectivity index (χ1) is 15.4. The van der Waals surface area contributed by atoms with Crippen LogP contribution in [0.3, 0.4) is 0 Å². The number of likely N-dealkylation sites (tertiary alicyclic amines) is 1. The summed E-state index contributed by atoms with van der Waals surface area (Å²) in [7, 11) is 1.50. The van der Waals surface area contributed by atoms with E-state index in [1.165, 1.54) is 31.4 Å². The molecular formula is C24H23ClFN3O3. The fourth-order valence-corrected chi connectivity index (χ4v) is 3.83. The van der Waals surface area contributed by atoms with Gasteiger partial charge in [-0.2, -0.15) is 5.26 Å². The maximum atomic E-state index is 13.8. The highest BCUT2D eigenvalue weighted by Gasteiger charge is 2.27. The molecule has 0 spiro atoms. The quantitative estimate of drug-likeness (QED) is 0.526. The van der Waals surface area contributed by atoms with Crippen molar-refractivity contribution in [1.82, 2.24) is 10.2 Å². The van der Waals surface area contributed by atoms with Crippen molar-refractivity contribution in [2.75, 3.05) is 26.7 Å². The van der Waals surface area contributed by atoms with Crippen LogP contribution in [-0.2, 0) is 4.79 Å². The minimum Gasteiger partial charge on any atom is -0.496 e. The number of nitrogens with one attached hydrogen (secondary N) is 1. The summed E-state index contributed by atoms with van der Waals surface area (Å²) in [5.41, 5.74) is 0.385. The number of piperidine rings is 1. The summed E-state index contributed by atoms with van der Waals surface area (Å²) in [5, 5.41) is 12.5. The van der Waals surface area contributed by atoms with Crippen molar-refractivity contribution in [2.45, 2.75) is 12.8 Å². The summed E-state index contributed by atoms with van der Waals surface area (Å²) in [6, 6.07) is 12.6. The van der Waals surface area contributed by atoms with Crippen molar-refractivity contribution in [1.29, 1.82) is 5.26 Å². The fraction of sp³-hybridized carbons (Fsp3) is 0.292. The zero-order valence-electron chi connectivity index (χ0n) is 17.6. The maximum absolute atomic E-state index is 13.8. The van der Waals surface area contributed by atoms with E-state index in [-0.39, 0.29) is 23.0 Å². The lowest BCUT2D eigenvalue weighted by molar-refractivity contribution is -0.117. The molecule has 1 atom stereocenters. The molecule has 2 aromatic carbocycles. The molecule has 166 valence electrons. The van der Waals surface area contributed by atoms with E-state index in [2.05, 4.69) is 5.32 Å². The van der Waals surface area contributed by atoms with E-state index in [4.69, 9.17) is 16.3 Å². The van der Waals surface area contributed by atoms with Gasteiger partial charge in [-0.15, -0.1) is 0 Å². The summed E-state index contributed by atoms with van der Waals surface area (Å²) >= 11 is 6.05. The highest BCUT2D eigenvalue weighted by Crippen LogP contribution is 2.26. The third-order valence-electron chi connectivity index (χ3n) is 5.32. The molecule has 1 unspecified atom stereocenters. The molecule has 2 aromatic rings. The van der Waals surface area contributed by atoms with Crippen molar-refractivity contribution in [2.24, 2.45) is 5.92 Å².